The van der Waals surface area contributed by atoms with Gasteiger partial charge in [0.1, 0.15) is 24.2 Å². The lowest BCUT2D eigenvalue weighted by molar-refractivity contribution is -0.148. The molecule has 4 atom stereocenters. The molecule has 42 heavy (non-hydrogen) atoms. The van der Waals surface area contributed by atoms with Crippen molar-refractivity contribution in [2.75, 3.05) is 14.1 Å². The van der Waals surface area contributed by atoms with Crippen LogP contribution in [0.15, 0.2) is 91.0 Å². The number of hydrogen-bond donors (Lipinski definition) is 2. The molecule has 1 saturated heterocycles. The van der Waals surface area contributed by atoms with Gasteiger partial charge in [-0.05, 0) is 22.6 Å². The zero-order chi connectivity index (χ0) is 30.2. The van der Waals surface area contributed by atoms with Crippen LogP contribution in [0.25, 0.3) is 0 Å². The van der Waals surface area contributed by atoms with Crippen LogP contribution in [0.3, 0.4) is 0 Å². The van der Waals surface area contributed by atoms with Gasteiger partial charge in [-0.3, -0.25) is 19.2 Å². The second kappa shape index (κ2) is 13.9. The Morgan fingerprint density at radius 2 is 0.952 bits per heavy atom. The van der Waals surface area contributed by atoms with Crippen molar-refractivity contribution in [1.82, 2.24) is 20.4 Å². The molecule has 1 aliphatic rings. The Hall–Kier alpha value is -4.46. The van der Waals surface area contributed by atoms with Crippen LogP contribution in [-0.4, -0.2) is 71.7 Å². The third-order valence-corrected chi connectivity index (χ3v) is 7.91. The molecule has 1 fully saturated rings. The number of carbonyl (C=O) groups is 4. The summed E-state index contributed by atoms with van der Waals surface area (Å²) in [6.07, 6.45) is 0.749. The van der Waals surface area contributed by atoms with E-state index in [9.17, 15) is 19.2 Å². The quantitative estimate of drug-likeness (QED) is 0.458. The molecule has 4 unspecified atom stereocenters. The van der Waals surface area contributed by atoms with E-state index in [1.165, 1.54) is 9.80 Å². The van der Waals surface area contributed by atoms with Gasteiger partial charge in [0.25, 0.3) is 0 Å². The molecule has 0 aromatic heterocycles. The highest BCUT2D eigenvalue weighted by atomic mass is 16.2. The van der Waals surface area contributed by atoms with Crippen LogP contribution >= 0.6 is 0 Å². The summed E-state index contributed by atoms with van der Waals surface area (Å²) in [6, 6.07) is 24.7. The summed E-state index contributed by atoms with van der Waals surface area (Å²) < 4.78 is 0. The summed E-state index contributed by atoms with van der Waals surface area (Å²) in [6.45, 7) is 3.71. The van der Waals surface area contributed by atoms with Crippen LogP contribution in [0, 0.1) is 5.92 Å². The molecule has 8 heteroatoms. The second-order valence-electron chi connectivity index (χ2n) is 11.3. The average Bonchev–Trinajstić information content (AvgIpc) is 3.00. The second-order valence-corrected chi connectivity index (χ2v) is 11.3. The molecule has 220 valence electrons. The third-order valence-electron chi connectivity index (χ3n) is 7.91. The fourth-order valence-electron chi connectivity index (χ4n) is 5.34. The molecule has 1 aliphatic heterocycles. The lowest BCUT2D eigenvalue weighted by atomic mass is 9.96. The minimum Gasteiger partial charge on any atom is -0.342 e. The van der Waals surface area contributed by atoms with Crippen molar-refractivity contribution in [2.24, 2.45) is 5.92 Å². The molecule has 0 saturated carbocycles. The van der Waals surface area contributed by atoms with Crippen molar-refractivity contribution < 1.29 is 19.2 Å². The highest BCUT2D eigenvalue weighted by Gasteiger charge is 2.40. The van der Waals surface area contributed by atoms with E-state index >= 15 is 0 Å². The summed E-state index contributed by atoms with van der Waals surface area (Å²) in [4.78, 5) is 58.8. The lowest BCUT2D eigenvalue weighted by Crippen LogP contribution is -2.63. The first-order valence-electron chi connectivity index (χ1n) is 14.4. The van der Waals surface area contributed by atoms with Crippen LogP contribution < -0.4 is 10.6 Å². The lowest BCUT2D eigenvalue weighted by Gasteiger charge is -2.37. The standard InChI is InChI=1S/C34H40N4O4/c1-23(2)30-34(42)38(4)28(21-25-16-10-6-11-17-25)31(39)35-27(20-24-14-8-5-9-15-24)33(41)37(3)29(32(40)36-30)22-26-18-12-7-13-19-26/h5-19,23,27-30H,20-22H2,1-4H3,(H,35,39)(H,36,40). The summed E-state index contributed by atoms with van der Waals surface area (Å²) >= 11 is 0. The van der Waals surface area contributed by atoms with Crippen LogP contribution in [0.2, 0.25) is 0 Å². The molecule has 1 heterocycles. The summed E-state index contributed by atoms with van der Waals surface area (Å²) in [5.74, 6) is -1.83. The van der Waals surface area contributed by atoms with Crippen molar-refractivity contribution in [3.05, 3.63) is 108 Å². The average molecular weight is 569 g/mol. The Balaban J connectivity index is 1.77. The van der Waals surface area contributed by atoms with Crippen molar-refractivity contribution in [3.8, 4) is 0 Å². The molecule has 0 spiro atoms. The topological polar surface area (TPSA) is 98.8 Å². The third kappa shape index (κ3) is 7.43. The maximum Gasteiger partial charge on any atom is 0.245 e. The normalized spacial score (nSPS) is 22.3. The van der Waals surface area contributed by atoms with Gasteiger partial charge in [0.15, 0.2) is 0 Å². The van der Waals surface area contributed by atoms with Crippen LogP contribution in [-0.2, 0) is 38.4 Å². The molecule has 0 aliphatic carbocycles. The van der Waals surface area contributed by atoms with Crippen LogP contribution in [0.4, 0.5) is 0 Å². The molecular weight excluding hydrogens is 528 g/mol. The number of amides is 4. The smallest absolute Gasteiger partial charge is 0.245 e. The fourth-order valence-corrected chi connectivity index (χ4v) is 5.34. The van der Waals surface area contributed by atoms with Gasteiger partial charge in [0, 0.05) is 33.4 Å². The number of likely N-dealkylation sites (N-methyl/N-ethyl adjacent to an activating group) is 2. The Morgan fingerprint density at radius 1 is 0.571 bits per heavy atom. The molecule has 2 N–H and O–H groups in total. The molecule has 0 radical (unpaired) electrons. The Kier molecular flexibility index (Phi) is 10.1. The molecule has 3 aromatic rings. The van der Waals surface area contributed by atoms with E-state index in [2.05, 4.69) is 10.6 Å². The zero-order valence-corrected chi connectivity index (χ0v) is 24.7. The van der Waals surface area contributed by atoms with Crippen molar-refractivity contribution in [3.63, 3.8) is 0 Å². The Labute approximate surface area is 248 Å². The van der Waals surface area contributed by atoms with Crippen molar-refractivity contribution in [1.29, 1.82) is 0 Å². The predicted octanol–water partition coefficient (Wildman–Crippen LogP) is 3.01. The number of nitrogens with zero attached hydrogens (tertiary/aromatic N) is 2. The summed E-state index contributed by atoms with van der Waals surface area (Å²) in [5, 5.41) is 5.92. The zero-order valence-electron chi connectivity index (χ0n) is 24.7. The molecule has 8 nitrogen and oxygen atoms in total. The fraction of sp³-hybridized carbons (Fsp3) is 0.353. The number of hydrogen-bond acceptors (Lipinski definition) is 4. The van der Waals surface area contributed by atoms with Gasteiger partial charge in [-0.25, -0.2) is 0 Å². The predicted molar refractivity (Wildman–Crippen MR) is 162 cm³/mol. The van der Waals surface area contributed by atoms with E-state index in [0.29, 0.717) is 0 Å². The Bertz CT molecular complexity index is 1320. The van der Waals surface area contributed by atoms with Gasteiger partial charge >= 0.3 is 0 Å². The highest BCUT2D eigenvalue weighted by molar-refractivity contribution is 5.97. The van der Waals surface area contributed by atoms with Gasteiger partial charge in [-0.2, -0.15) is 0 Å². The summed E-state index contributed by atoms with van der Waals surface area (Å²) in [5.41, 5.74) is 2.62. The van der Waals surface area contributed by atoms with Gasteiger partial charge < -0.3 is 20.4 Å². The number of rotatable bonds is 7. The van der Waals surface area contributed by atoms with E-state index in [1.54, 1.807) is 14.1 Å². The monoisotopic (exact) mass is 568 g/mol. The van der Waals surface area contributed by atoms with Gasteiger partial charge in [0.2, 0.25) is 23.6 Å². The minimum absolute atomic E-state index is 0.236. The first kappa shape index (κ1) is 30.5. The van der Waals surface area contributed by atoms with Gasteiger partial charge in [0.05, 0.1) is 0 Å². The first-order valence-corrected chi connectivity index (χ1v) is 14.4. The molecule has 4 rings (SSSR count). The van der Waals surface area contributed by atoms with Gasteiger partial charge in [-0.15, -0.1) is 0 Å². The minimum atomic E-state index is -0.946. The molecule has 3 aromatic carbocycles. The van der Waals surface area contributed by atoms with Crippen molar-refractivity contribution in [2.45, 2.75) is 57.3 Å². The van der Waals surface area contributed by atoms with E-state index in [-0.39, 0.29) is 37.0 Å². The Morgan fingerprint density at radius 3 is 1.38 bits per heavy atom. The molecular formula is C34H40N4O4. The van der Waals surface area contributed by atoms with E-state index in [4.69, 9.17) is 0 Å². The van der Waals surface area contributed by atoms with E-state index < -0.39 is 36.0 Å². The van der Waals surface area contributed by atoms with Gasteiger partial charge in [-0.1, -0.05) is 105 Å². The van der Waals surface area contributed by atoms with E-state index in [0.717, 1.165) is 16.7 Å². The molecule has 0 bridgehead atoms. The maximum absolute atomic E-state index is 14.1. The van der Waals surface area contributed by atoms with Crippen LogP contribution in [0.5, 0.6) is 0 Å². The number of benzene rings is 3. The van der Waals surface area contributed by atoms with E-state index in [1.807, 2.05) is 105 Å². The highest BCUT2D eigenvalue weighted by Crippen LogP contribution is 2.18. The largest absolute Gasteiger partial charge is 0.342 e. The number of carbonyl (C=O) groups excluding carboxylic acids is 4. The first-order chi connectivity index (χ1) is 20.2. The van der Waals surface area contributed by atoms with Crippen LogP contribution in [0.1, 0.15) is 30.5 Å². The SMILES string of the molecule is CC(C)C1NC(=O)C(Cc2ccccc2)N(C)C(=O)C(Cc2ccccc2)NC(=O)C(Cc2ccccc2)N(C)C1=O. The maximum atomic E-state index is 14.1. The molecule has 4 amide bonds. The van der Waals surface area contributed by atoms with Crippen molar-refractivity contribution >= 4 is 23.6 Å². The summed E-state index contributed by atoms with van der Waals surface area (Å²) in [7, 11) is 3.18. The number of nitrogens with one attached hydrogen (secondary N) is 2.